The molecular formula is C15H18N4S. The van der Waals surface area contributed by atoms with Crippen LogP contribution in [0.15, 0.2) is 29.6 Å². The molecule has 2 saturated carbocycles. The van der Waals surface area contributed by atoms with E-state index in [4.69, 9.17) is 0 Å². The number of hydrogen-bond donors (Lipinski definition) is 0. The van der Waals surface area contributed by atoms with Crippen molar-refractivity contribution in [3.05, 3.63) is 35.9 Å². The third-order valence-corrected chi connectivity index (χ3v) is 4.81. The largest absolute Gasteiger partial charge is 0.303 e. The van der Waals surface area contributed by atoms with Crippen LogP contribution in [0.1, 0.15) is 49.2 Å². The van der Waals surface area contributed by atoms with E-state index in [2.05, 4.69) is 25.8 Å². The summed E-state index contributed by atoms with van der Waals surface area (Å²) in [6.45, 7) is 0. The van der Waals surface area contributed by atoms with Crippen molar-refractivity contribution in [3.63, 3.8) is 0 Å². The molecule has 2 aromatic rings. The van der Waals surface area contributed by atoms with Gasteiger partial charge in [-0.2, -0.15) is 0 Å². The van der Waals surface area contributed by atoms with Crippen LogP contribution in [0.25, 0.3) is 0 Å². The summed E-state index contributed by atoms with van der Waals surface area (Å²) < 4.78 is 2.42. The van der Waals surface area contributed by atoms with Gasteiger partial charge in [-0.3, -0.25) is 4.98 Å². The molecule has 2 heterocycles. The third-order valence-electron chi connectivity index (χ3n) is 3.86. The molecule has 0 N–H and O–H groups in total. The Hall–Kier alpha value is -1.36. The zero-order valence-corrected chi connectivity index (χ0v) is 12.2. The number of pyridine rings is 1. The molecular weight excluding hydrogens is 268 g/mol. The lowest BCUT2D eigenvalue weighted by Gasteiger charge is -2.07. The van der Waals surface area contributed by atoms with E-state index in [9.17, 15) is 0 Å². The van der Waals surface area contributed by atoms with Gasteiger partial charge in [-0.1, -0.05) is 17.8 Å². The maximum absolute atomic E-state index is 4.44. The van der Waals surface area contributed by atoms with Crippen LogP contribution in [0.2, 0.25) is 0 Å². The van der Waals surface area contributed by atoms with Crippen LogP contribution in [0.3, 0.4) is 0 Å². The molecule has 2 aliphatic rings. The summed E-state index contributed by atoms with van der Waals surface area (Å²) in [5.74, 6) is 2.95. The van der Waals surface area contributed by atoms with Gasteiger partial charge in [0, 0.05) is 29.6 Å². The maximum Gasteiger partial charge on any atom is 0.191 e. The first-order chi connectivity index (χ1) is 9.92. The first kappa shape index (κ1) is 12.4. The molecule has 2 aliphatic carbocycles. The Kier molecular flexibility index (Phi) is 3.22. The molecule has 2 aromatic heterocycles. The third kappa shape index (κ3) is 2.59. The summed E-state index contributed by atoms with van der Waals surface area (Å²) in [7, 11) is 0. The van der Waals surface area contributed by atoms with Gasteiger partial charge in [0.15, 0.2) is 5.16 Å². The first-order valence-electron chi connectivity index (χ1n) is 7.39. The van der Waals surface area contributed by atoms with Gasteiger partial charge in [0.05, 0.1) is 0 Å². The van der Waals surface area contributed by atoms with E-state index in [1.54, 1.807) is 0 Å². The first-order valence-corrected chi connectivity index (χ1v) is 8.38. The molecule has 0 radical (unpaired) electrons. The Morgan fingerprint density at radius 3 is 2.75 bits per heavy atom. The second kappa shape index (κ2) is 5.20. The van der Waals surface area contributed by atoms with Crippen LogP contribution >= 0.6 is 11.8 Å². The standard InChI is InChI=1S/C15H18N4S/c1-2-9-16-12(3-1)8-10-20-15-18-17-14(11-4-5-11)19(15)13-6-7-13/h1-3,9,11,13H,4-8,10H2. The highest BCUT2D eigenvalue weighted by atomic mass is 32.2. The van der Waals surface area contributed by atoms with Crippen molar-refractivity contribution in [2.24, 2.45) is 0 Å². The second-order valence-electron chi connectivity index (χ2n) is 5.64. The molecule has 0 amide bonds. The summed E-state index contributed by atoms with van der Waals surface area (Å²) in [4.78, 5) is 4.37. The minimum atomic E-state index is 0.679. The Balaban J connectivity index is 1.43. The molecule has 104 valence electrons. The summed E-state index contributed by atoms with van der Waals surface area (Å²) in [5, 5.41) is 9.98. The predicted octanol–water partition coefficient (Wildman–Crippen LogP) is 3.22. The van der Waals surface area contributed by atoms with Gasteiger partial charge in [0.1, 0.15) is 5.82 Å². The molecule has 5 heteroatoms. The predicted molar refractivity (Wildman–Crippen MR) is 78.9 cm³/mol. The molecule has 0 aromatic carbocycles. The van der Waals surface area contributed by atoms with Crippen molar-refractivity contribution in [2.45, 2.75) is 49.2 Å². The zero-order valence-electron chi connectivity index (χ0n) is 11.4. The second-order valence-corrected chi connectivity index (χ2v) is 6.70. The fourth-order valence-electron chi connectivity index (χ4n) is 2.48. The van der Waals surface area contributed by atoms with Crippen LogP contribution in [-0.2, 0) is 6.42 Å². The van der Waals surface area contributed by atoms with E-state index >= 15 is 0 Å². The van der Waals surface area contributed by atoms with Crippen molar-refractivity contribution in [3.8, 4) is 0 Å². The van der Waals surface area contributed by atoms with Gasteiger partial charge in [0.2, 0.25) is 0 Å². The monoisotopic (exact) mass is 286 g/mol. The Morgan fingerprint density at radius 2 is 2.05 bits per heavy atom. The molecule has 2 fully saturated rings. The van der Waals surface area contributed by atoms with Crippen molar-refractivity contribution < 1.29 is 0 Å². The lowest BCUT2D eigenvalue weighted by atomic mass is 10.3. The van der Waals surface area contributed by atoms with Crippen molar-refractivity contribution in [1.29, 1.82) is 0 Å². The molecule has 20 heavy (non-hydrogen) atoms. The number of rotatable bonds is 6. The van der Waals surface area contributed by atoms with Gasteiger partial charge in [-0.05, 0) is 44.2 Å². The average molecular weight is 286 g/mol. The SMILES string of the molecule is c1ccc(CCSc2nnc(C3CC3)n2C2CC2)nc1. The number of aromatic nitrogens is 4. The maximum atomic E-state index is 4.44. The summed E-state index contributed by atoms with van der Waals surface area (Å²) >= 11 is 1.83. The highest BCUT2D eigenvalue weighted by molar-refractivity contribution is 7.99. The van der Waals surface area contributed by atoms with Gasteiger partial charge < -0.3 is 4.57 Å². The van der Waals surface area contributed by atoms with E-state index in [0.717, 1.165) is 23.0 Å². The Morgan fingerprint density at radius 1 is 1.15 bits per heavy atom. The molecule has 0 spiro atoms. The van der Waals surface area contributed by atoms with Crippen molar-refractivity contribution in [2.75, 3.05) is 5.75 Å². The fourth-order valence-corrected chi connectivity index (χ4v) is 3.45. The normalized spacial score (nSPS) is 18.4. The van der Waals surface area contributed by atoms with E-state index in [1.165, 1.54) is 31.5 Å². The molecule has 0 unspecified atom stereocenters. The summed E-state index contributed by atoms with van der Waals surface area (Å²) in [6.07, 6.45) is 8.03. The van der Waals surface area contributed by atoms with Crippen LogP contribution in [-0.4, -0.2) is 25.5 Å². The van der Waals surface area contributed by atoms with Crippen molar-refractivity contribution in [1.82, 2.24) is 19.7 Å². The average Bonchev–Trinajstić information content (AvgIpc) is 3.40. The minimum absolute atomic E-state index is 0.679. The topological polar surface area (TPSA) is 43.6 Å². The van der Waals surface area contributed by atoms with E-state index in [0.29, 0.717) is 12.0 Å². The number of nitrogens with zero attached hydrogens (tertiary/aromatic N) is 4. The molecule has 0 atom stereocenters. The van der Waals surface area contributed by atoms with Crippen LogP contribution in [0, 0.1) is 0 Å². The fraction of sp³-hybridized carbons (Fsp3) is 0.533. The molecule has 4 nitrogen and oxygen atoms in total. The molecule has 0 aliphatic heterocycles. The number of hydrogen-bond acceptors (Lipinski definition) is 4. The molecule has 4 rings (SSSR count). The quantitative estimate of drug-likeness (QED) is 0.765. The van der Waals surface area contributed by atoms with E-state index in [-0.39, 0.29) is 0 Å². The Bertz CT molecular complexity index is 587. The number of thioether (sulfide) groups is 1. The highest BCUT2D eigenvalue weighted by Crippen LogP contribution is 2.45. The lowest BCUT2D eigenvalue weighted by molar-refractivity contribution is 0.627. The van der Waals surface area contributed by atoms with E-state index < -0.39 is 0 Å². The van der Waals surface area contributed by atoms with Crippen LogP contribution in [0.5, 0.6) is 0 Å². The highest BCUT2D eigenvalue weighted by Gasteiger charge is 2.36. The summed E-state index contributed by atoms with van der Waals surface area (Å²) in [6, 6.07) is 6.77. The Labute approximate surface area is 123 Å². The van der Waals surface area contributed by atoms with Gasteiger partial charge in [-0.25, -0.2) is 0 Å². The van der Waals surface area contributed by atoms with Crippen LogP contribution in [0.4, 0.5) is 0 Å². The number of aryl methyl sites for hydroxylation is 1. The lowest BCUT2D eigenvalue weighted by Crippen LogP contribution is -2.02. The van der Waals surface area contributed by atoms with E-state index in [1.807, 2.05) is 30.1 Å². The smallest absolute Gasteiger partial charge is 0.191 e. The van der Waals surface area contributed by atoms with Crippen LogP contribution < -0.4 is 0 Å². The zero-order chi connectivity index (χ0) is 13.4. The van der Waals surface area contributed by atoms with Gasteiger partial charge >= 0.3 is 0 Å². The summed E-state index contributed by atoms with van der Waals surface area (Å²) in [5.41, 5.74) is 1.15. The van der Waals surface area contributed by atoms with Gasteiger partial charge in [-0.15, -0.1) is 10.2 Å². The molecule has 0 saturated heterocycles. The minimum Gasteiger partial charge on any atom is -0.303 e. The van der Waals surface area contributed by atoms with Crippen molar-refractivity contribution >= 4 is 11.8 Å². The molecule has 0 bridgehead atoms. The van der Waals surface area contributed by atoms with Gasteiger partial charge in [0.25, 0.3) is 0 Å².